The number of aryl methyl sites for hydroxylation is 2. The molecule has 0 spiro atoms. The Morgan fingerprint density at radius 3 is 2.85 bits per heavy atom. The summed E-state index contributed by atoms with van der Waals surface area (Å²) in [7, 11) is 1.51. The number of hydrogen-bond acceptors (Lipinski definition) is 9. The lowest BCUT2D eigenvalue weighted by atomic mass is 9.94. The van der Waals surface area contributed by atoms with Gasteiger partial charge in [-0.15, -0.1) is 0 Å². The minimum absolute atomic E-state index is 0.00110. The van der Waals surface area contributed by atoms with Crippen molar-refractivity contribution in [2.24, 2.45) is 0 Å². The molecule has 0 saturated carbocycles. The fourth-order valence-corrected chi connectivity index (χ4v) is 7.21. The van der Waals surface area contributed by atoms with Gasteiger partial charge in [0.15, 0.2) is 12.6 Å². The molecule has 2 N–H and O–H groups in total. The number of alkyl halides is 1. The average molecular weight is 662 g/mol. The lowest BCUT2D eigenvalue weighted by Gasteiger charge is -2.30. The van der Waals surface area contributed by atoms with Crippen LogP contribution in [0.1, 0.15) is 43.9 Å². The summed E-state index contributed by atoms with van der Waals surface area (Å²) in [6.07, 6.45) is 6.39. The molecule has 48 heavy (non-hydrogen) atoms. The molecule has 0 bridgehead atoms. The Balaban J connectivity index is 1.30. The Morgan fingerprint density at radius 1 is 1.15 bits per heavy atom. The molecule has 3 aromatic heterocycles. The first-order chi connectivity index (χ1) is 23.4. The summed E-state index contributed by atoms with van der Waals surface area (Å²) in [6.45, 7) is 3.74. The Labute approximate surface area is 276 Å². The van der Waals surface area contributed by atoms with Gasteiger partial charge >= 0.3 is 6.01 Å². The van der Waals surface area contributed by atoms with Crippen LogP contribution in [0.25, 0.3) is 32.9 Å². The SMILES string of the molecule is CCc1c(F)ccc2cc(OCOC)cc(-c3ncc4c(NCCCc5cc[nH]n5)nc(OC[C@@]56CCCN5C[C@H](F)C6)nc4c3F)c12. The number of methoxy groups -OCH3 is 1. The molecule has 0 unspecified atom stereocenters. The number of halogens is 3. The number of benzene rings is 2. The van der Waals surface area contributed by atoms with Crippen LogP contribution in [-0.4, -0.2) is 81.9 Å². The summed E-state index contributed by atoms with van der Waals surface area (Å²) in [5, 5.41) is 11.9. The van der Waals surface area contributed by atoms with E-state index in [1.165, 1.54) is 19.4 Å². The Morgan fingerprint density at radius 2 is 2.04 bits per heavy atom. The molecular formula is C35H38F3N7O3. The Kier molecular flexibility index (Phi) is 9.06. The summed E-state index contributed by atoms with van der Waals surface area (Å²) in [4.78, 5) is 15.9. The second kappa shape index (κ2) is 13.6. The molecule has 5 aromatic rings. The molecule has 2 atom stereocenters. The number of aromatic amines is 1. The number of hydrogen-bond donors (Lipinski definition) is 2. The van der Waals surface area contributed by atoms with Crippen LogP contribution < -0.4 is 14.8 Å². The van der Waals surface area contributed by atoms with E-state index in [1.807, 2.05) is 13.0 Å². The summed E-state index contributed by atoms with van der Waals surface area (Å²) < 4.78 is 63.5. The zero-order valence-electron chi connectivity index (χ0n) is 27.0. The van der Waals surface area contributed by atoms with Crippen LogP contribution in [0, 0.1) is 11.6 Å². The number of nitrogens with zero attached hydrogens (tertiary/aromatic N) is 5. The molecule has 0 radical (unpaired) electrons. The minimum Gasteiger partial charge on any atom is -0.468 e. The third kappa shape index (κ3) is 6.12. The molecule has 2 aromatic carbocycles. The normalized spacial score (nSPS) is 19.3. The van der Waals surface area contributed by atoms with Gasteiger partial charge in [-0.3, -0.25) is 15.0 Å². The number of ether oxygens (including phenoxy) is 3. The zero-order valence-corrected chi connectivity index (χ0v) is 27.0. The van der Waals surface area contributed by atoms with Crippen molar-refractivity contribution in [3.63, 3.8) is 0 Å². The van der Waals surface area contributed by atoms with Gasteiger partial charge in [0.2, 0.25) is 0 Å². The Hall–Kier alpha value is -4.49. The first kappa shape index (κ1) is 32.1. The van der Waals surface area contributed by atoms with Crippen molar-refractivity contribution >= 4 is 27.5 Å². The van der Waals surface area contributed by atoms with Crippen LogP contribution in [0.4, 0.5) is 19.0 Å². The van der Waals surface area contributed by atoms with E-state index in [0.29, 0.717) is 64.8 Å². The largest absolute Gasteiger partial charge is 0.468 e. The highest BCUT2D eigenvalue weighted by Crippen LogP contribution is 2.41. The van der Waals surface area contributed by atoms with E-state index in [2.05, 4.69) is 35.4 Å². The van der Waals surface area contributed by atoms with E-state index < -0.39 is 17.5 Å². The quantitative estimate of drug-likeness (QED) is 0.110. The number of pyridine rings is 1. The molecule has 252 valence electrons. The van der Waals surface area contributed by atoms with Crippen molar-refractivity contribution in [1.29, 1.82) is 0 Å². The topological polar surface area (TPSA) is 110 Å². The van der Waals surface area contributed by atoms with E-state index in [-0.39, 0.29) is 36.4 Å². The molecule has 13 heteroatoms. The molecule has 7 rings (SSSR count). The molecule has 0 aliphatic carbocycles. The number of nitrogens with one attached hydrogen (secondary N) is 2. The first-order valence-corrected chi connectivity index (χ1v) is 16.4. The third-order valence-corrected chi connectivity index (χ3v) is 9.45. The molecule has 10 nitrogen and oxygen atoms in total. The van der Waals surface area contributed by atoms with Crippen LogP contribution in [0.5, 0.6) is 11.8 Å². The van der Waals surface area contributed by atoms with Gasteiger partial charge in [-0.1, -0.05) is 13.0 Å². The maximum Gasteiger partial charge on any atom is 0.319 e. The standard InChI is InChI=1S/C35H38F3N7O3/c1-3-25-28(37)8-7-21-14-24(48-20-46-2)15-26(29(21)25)31-30(38)32-27(17-40-31)33(39-11-4-6-23-9-12-41-44-23)43-34(42-32)47-19-35-10-5-13-45(35)18-22(36)16-35/h7-9,12,14-15,17,22H,3-6,10-11,13,16,18-20H2,1-2H3,(H,41,44)(H,39,42,43)/t22-,35+/m1/s1. The second-order valence-electron chi connectivity index (χ2n) is 12.5. The molecule has 0 amide bonds. The van der Waals surface area contributed by atoms with Gasteiger partial charge in [-0.2, -0.15) is 15.1 Å². The van der Waals surface area contributed by atoms with Crippen molar-refractivity contribution in [3.05, 3.63) is 65.6 Å². The van der Waals surface area contributed by atoms with Crippen LogP contribution in [0.15, 0.2) is 42.7 Å². The molecule has 2 fully saturated rings. The zero-order chi connectivity index (χ0) is 33.3. The monoisotopic (exact) mass is 661 g/mol. The highest BCUT2D eigenvalue weighted by atomic mass is 19.1. The van der Waals surface area contributed by atoms with Gasteiger partial charge in [-0.05, 0) is 79.3 Å². The van der Waals surface area contributed by atoms with Crippen LogP contribution in [-0.2, 0) is 17.6 Å². The number of rotatable bonds is 13. The maximum atomic E-state index is 16.9. The van der Waals surface area contributed by atoms with Crippen molar-refractivity contribution in [1.82, 2.24) is 30.0 Å². The average Bonchev–Trinajstić information content (AvgIpc) is 3.82. The van der Waals surface area contributed by atoms with E-state index in [4.69, 9.17) is 14.2 Å². The lowest BCUT2D eigenvalue weighted by Crippen LogP contribution is -2.43. The van der Waals surface area contributed by atoms with Crippen LogP contribution in [0.3, 0.4) is 0 Å². The van der Waals surface area contributed by atoms with Gasteiger partial charge < -0.3 is 19.5 Å². The first-order valence-electron chi connectivity index (χ1n) is 16.4. The number of aromatic nitrogens is 5. The summed E-state index contributed by atoms with van der Waals surface area (Å²) >= 11 is 0. The van der Waals surface area contributed by atoms with Crippen molar-refractivity contribution in [3.8, 4) is 23.0 Å². The molecule has 5 heterocycles. The van der Waals surface area contributed by atoms with Gasteiger partial charge in [0.1, 0.15) is 41.4 Å². The smallest absolute Gasteiger partial charge is 0.319 e. The van der Waals surface area contributed by atoms with E-state index >= 15 is 8.78 Å². The predicted molar refractivity (Wildman–Crippen MR) is 176 cm³/mol. The Bertz CT molecular complexity index is 1930. The number of anilines is 1. The van der Waals surface area contributed by atoms with E-state index in [1.54, 1.807) is 24.4 Å². The summed E-state index contributed by atoms with van der Waals surface area (Å²) in [6, 6.07) is 8.35. The molecule has 2 saturated heterocycles. The lowest BCUT2D eigenvalue weighted by molar-refractivity contribution is 0.0512. The molecular weight excluding hydrogens is 623 g/mol. The third-order valence-electron chi connectivity index (χ3n) is 9.45. The minimum atomic E-state index is -0.916. The fourth-order valence-electron chi connectivity index (χ4n) is 7.21. The number of fused-ring (bicyclic) bond motifs is 3. The maximum absolute atomic E-state index is 16.9. The highest BCUT2D eigenvalue weighted by Gasteiger charge is 2.49. The summed E-state index contributed by atoms with van der Waals surface area (Å²) in [5.74, 6) is -0.308. The fraction of sp³-hybridized carbons (Fsp3) is 0.429. The van der Waals surface area contributed by atoms with Gasteiger partial charge in [0.05, 0.1) is 16.6 Å². The van der Waals surface area contributed by atoms with Crippen LogP contribution >= 0.6 is 0 Å². The van der Waals surface area contributed by atoms with Crippen molar-refractivity contribution in [2.45, 2.75) is 57.2 Å². The van der Waals surface area contributed by atoms with E-state index in [9.17, 15) is 4.39 Å². The predicted octanol–water partition coefficient (Wildman–Crippen LogP) is 6.39. The molecule has 2 aliphatic heterocycles. The summed E-state index contributed by atoms with van der Waals surface area (Å²) in [5.41, 5.74) is 1.29. The second-order valence-corrected chi connectivity index (χ2v) is 12.5. The highest BCUT2D eigenvalue weighted by molar-refractivity contribution is 6.01. The van der Waals surface area contributed by atoms with Gasteiger partial charge in [0, 0.05) is 44.6 Å². The number of H-pyrrole nitrogens is 1. The van der Waals surface area contributed by atoms with Crippen LogP contribution in [0.2, 0.25) is 0 Å². The van der Waals surface area contributed by atoms with E-state index in [0.717, 1.165) is 37.9 Å². The van der Waals surface area contributed by atoms with Gasteiger partial charge in [0.25, 0.3) is 0 Å². The van der Waals surface area contributed by atoms with Crippen molar-refractivity contribution in [2.75, 3.05) is 45.5 Å². The van der Waals surface area contributed by atoms with Crippen molar-refractivity contribution < 1.29 is 27.4 Å². The molecule has 2 aliphatic rings. The van der Waals surface area contributed by atoms with Gasteiger partial charge in [-0.25, -0.2) is 13.2 Å².